The maximum atomic E-state index is 12.6. The van der Waals surface area contributed by atoms with Gasteiger partial charge < -0.3 is 10.2 Å². The van der Waals surface area contributed by atoms with Crippen LogP contribution in [0.15, 0.2) is 6.20 Å². The van der Waals surface area contributed by atoms with Crippen LogP contribution in [0.25, 0.3) is 0 Å². The highest BCUT2D eigenvalue weighted by molar-refractivity contribution is 5.95. The van der Waals surface area contributed by atoms with Gasteiger partial charge in [-0.15, -0.1) is 0 Å². The summed E-state index contributed by atoms with van der Waals surface area (Å²) in [7, 11) is 5.82. The molecule has 0 aliphatic heterocycles. The number of carbonyl (C=O) groups excluding carboxylic acids is 1. The standard InChI is InChI=1S/C15H26N4O/c1-5-14-13(10-18(3)17-14)15(20)19(4)12-8-6-11(16-2)7-9-12/h10-12,16H,5-9H2,1-4H3. The zero-order valence-corrected chi connectivity index (χ0v) is 13.0. The van der Waals surface area contributed by atoms with E-state index in [9.17, 15) is 4.79 Å². The minimum Gasteiger partial charge on any atom is -0.339 e. The van der Waals surface area contributed by atoms with Gasteiger partial charge in [0.05, 0.1) is 11.3 Å². The topological polar surface area (TPSA) is 50.2 Å². The molecule has 0 spiro atoms. The zero-order valence-electron chi connectivity index (χ0n) is 13.0. The molecule has 0 aromatic carbocycles. The third kappa shape index (κ3) is 3.03. The predicted molar refractivity (Wildman–Crippen MR) is 79.8 cm³/mol. The van der Waals surface area contributed by atoms with Crippen molar-refractivity contribution in [3.63, 3.8) is 0 Å². The van der Waals surface area contributed by atoms with Crippen LogP contribution in [0.2, 0.25) is 0 Å². The van der Waals surface area contributed by atoms with Gasteiger partial charge in [-0.3, -0.25) is 9.48 Å². The van der Waals surface area contributed by atoms with E-state index < -0.39 is 0 Å². The summed E-state index contributed by atoms with van der Waals surface area (Å²) in [6.07, 6.45) is 7.09. The first-order valence-corrected chi connectivity index (χ1v) is 7.53. The van der Waals surface area contributed by atoms with Crippen LogP contribution < -0.4 is 5.32 Å². The Kier molecular flexibility index (Phi) is 4.81. The van der Waals surface area contributed by atoms with Gasteiger partial charge in [-0.1, -0.05) is 6.92 Å². The minimum atomic E-state index is 0.114. The number of nitrogens with one attached hydrogen (secondary N) is 1. The van der Waals surface area contributed by atoms with E-state index in [-0.39, 0.29) is 5.91 Å². The van der Waals surface area contributed by atoms with E-state index in [2.05, 4.69) is 10.4 Å². The lowest BCUT2D eigenvalue weighted by molar-refractivity contribution is 0.0684. The Morgan fingerprint density at radius 3 is 2.65 bits per heavy atom. The van der Waals surface area contributed by atoms with Gasteiger partial charge in [-0.05, 0) is 39.2 Å². The Labute approximate surface area is 121 Å². The van der Waals surface area contributed by atoms with Crippen LogP contribution in [-0.2, 0) is 13.5 Å². The van der Waals surface area contributed by atoms with Gasteiger partial charge in [0.1, 0.15) is 0 Å². The first-order chi connectivity index (χ1) is 9.56. The molecule has 1 fully saturated rings. The largest absolute Gasteiger partial charge is 0.339 e. The molecule has 1 aliphatic carbocycles. The van der Waals surface area contributed by atoms with E-state index in [1.165, 1.54) is 0 Å². The fraction of sp³-hybridized carbons (Fsp3) is 0.733. The summed E-state index contributed by atoms with van der Waals surface area (Å²) in [4.78, 5) is 14.6. The highest BCUT2D eigenvalue weighted by Crippen LogP contribution is 2.24. The second kappa shape index (κ2) is 6.39. The molecule has 112 valence electrons. The van der Waals surface area contributed by atoms with Crippen molar-refractivity contribution in [2.24, 2.45) is 7.05 Å². The molecule has 20 heavy (non-hydrogen) atoms. The van der Waals surface area contributed by atoms with Crippen molar-refractivity contribution in [1.82, 2.24) is 20.0 Å². The molecule has 1 amide bonds. The highest BCUT2D eigenvalue weighted by atomic mass is 16.2. The fourth-order valence-electron chi connectivity index (χ4n) is 3.08. The number of nitrogens with zero attached hydrogens (tertiary/aromatic N) is 3. The number of aryl methyl sites for hydroxylation is 2. The number of hydrogen-bond donors (Lipinski definition) is 1. The average molecular weight is 278 g/mol. The van der Waals surface area contributed by atoms with Gasteiger partial charge in [-0.2, -0.15) is 5.10 Å². The van der Waals surface area contributed by atoms with Crippen molar-refractivity contribution in [1.29, 1.82) is 0 Å². The van der Waals surface area contributed by atoms with E-state index in [1.807, 2.05) is 39.2 Å². The van der Waals surface area contributed by atoms with E-state index in [1.54, 1.807) is 4.68 Å². The Morgan fingerprint density at radius 2 is 2.10 bits per heavy atom. The summed E-state index contributed by atoms with van der Waals surface area (Å²) < 4.78 is 1.73. The number of carbonyl (C=O) groups is 1. The number of amides is 1. The average Bonchev–Trinajstić information content (AvgIpc) is 2.87. The van der Waals surface area contributed by atoms with Gasteiger partial charge in [0.15, 0.2) is 0 Å². The third-order valence-electron chi connectivity index (χ3n) is 4.44. The molecule has 0 unspecified atom stereocenters. The van der Waals surface area contributed by atoms with Crippen LogP contribution in [0.5, 0.6) is 0 Å². The molecular formula is C15H26N4O. The Balaban J connectivity index is 2.05. The van der Waals surface area contributed by atoms with Gasteiger partial charge in [-0.25, -0.2) is 0 Å². The van der Waals surface area contributed by atoms with Crippen LogP contribution in [0.3, 0.4) is 0 Å². The Morgan fingerprint density at radius 1 is 1.45 bits per heavy atom. The molecule has 1 saturated carbocycles. The van der Waals surface area contributed by atoms with E-state index >= 15 is 0 Å². The molecule has 1 aromatic heterocycles. The summed E-state index contributed by atoms with van der Waals surface area (Å²) >= 11 is 0. The van der Waals surface area contributed by atoms with Gasteiger partial charge >= 0.3 is 0 Å². The highest BCUT2D eigenvalue weighted by Gasteiger charge is 2.28. The van der Waals surface area contributed by atoms with E-state index in [4.69, 9.17) is 0 Å². The molecule has 5 nitrogen and oxygen atoms in total. The van der Waals surface area contributed by atoms with Crippen molar-refractivity contribution >= 4 is 5.91 Å². The molecule has 5 heteroatoms. The van der Waals surface area contributed by atoms with Gasteiger partial charge in [0.25, 0.3) is 5.91 Å². The molecule has 0 radical (unpaired) electrons. The maximum Gasteiger partial charge on any atom is 0.257 e. The Hall–Kier alpha value is -1.36. The number of aromatic nitrogens is 2. The molecule has 1 aliphatic rings. The van der Waals surface area contributed by atoms with Crippen molar-refractivity contribution in [3.8, 4) is 0 Å². The molecule has 1 heterocycles. The molecule has 1 aromatic rings. The molecular weight excluding hydrogens is 252 g/mol. The Bertz CT molecular complexity index is 460. The molecule has 1 N–H and O–H groups in total. The maximum absolute atomic E-state index is 12.6. The molecule has 0 bridgehead atoms. The summed E-state index contributed by atoms with van der Waals surface area (Å²) in [5.41, 5.74) is 1.65. The summed E-state index contributed by atoms with van der Waals surface area (Å²) in [6, 6.07) is 0.969. The summed E-state index contributed by atoms with van der Waals surface area (Å²) in [5, 5.41) is 7.69. The van der Waals surface area contributed by atoms with Crippen molar-refractivity contribution in [3.05, 3.63) is 17.5 Å². The lowest BCUT2D eigenvalue weighted by Crippen LogP contribution is -2.42. The zero-order chi connectivity index (χ0) is 14.7. The smallest absolute Gasteiger partial charge is 0.257 e. The first kappa shape index (κ1) is 15.0. The summed E-state index contributed by atoms with van der Waals surface area (Å²) in [6.45, 7) is 2.04. The van der Waals surface area contributed by atoms with Crippen molar-refractivity contribution in [2.45, 2.75) is 51.1 Å². The van der Waals surface area contributed by atoms with Crippen LogP contribution in [0.4, 0.5) is 0 Å². The lowest BCUT2D eigenvalue weighted by atomic mass is 9.90. The summed E-state index contributed by atoms with van der Waals surface area (Å²) in [5.74, 6) is 0.114. The molecule has 0 saturated heterocycles. The predicted octanol–water partition coefficient (Wildman–Crippen LogP) is 1.59. The minimum absolute atomic E-state index is 0.114. The monoisotopic (exact) mass is 278 g/mol. The third-order valence-corrected chi connectivity index (χ3v) is 4.44. The quantitative estimate of drug-likeness (QED) is 0.910. The van der Waals surface area contributed by atoms with Crippen molar-refractivity contribution in [2.75, 3.05) is 14.1 Å². The van der Waals surface area contributed by atoms with Crippen LogP contribution in [-0.4, -0.2) is 46.8 Å². The van der Waals surface area contributed by atoms with Crippen LogP contribution in [0, 0.1) is 0 Å². The van der Waals surface area contributed by atoms with Crippen molar-refractivity contribution < 1.29 is 4.79 Å². The number of rotatable bonds is 4. The normalized spacial score (nSPS) is 22.8. The molecule has 0 atom stereocenters. The van der Waals surface area contributed by atoms with E-state index in [0.717, 1.165) is 43.4 Å². The lowest BCUT2D eigenvalue weighted by Gasteiger charge is -2.34. The number of hydrogen-bond acceptors (Lipinski definition) is 3. The first-order valence-electron chi connectivity index (χ1n) is 7.53. The van der Waals surface area contributed by atoms with Crippen LogP contribution >= 0.6 is 0 Å². The van der Waals surface area contributed by atoms with Crippen LogP contribution in [0.1, 0.15) is 48.7 Å². The second-order valence-corrected chi connectivity index (χ2v) is 5.73. The fourth-order valence-corrected chi connectivity index (χ4v) is 3.08. The van der Waals surface area contributed by atoms with Gasteiger partial charge in [0.2, 0.25) is 0 Å². The second-order valence-electron chi connectivity index (χ2n) is 5.73. The van der Waals surface area contributed by atoms with Gasteiger partial charge in [0, 0.05) is 32.4 Å². The molecule has 2 rings (SSSR count). The SMILES string of the molecule is CCc1nn(C)cc1C(=O)N(C)C1CCC(NC)CC1. The van der Waals surface area contributed by atoms with E-state index in [0.29, 0.717) is 12.1 Å².